The minimum Gasteiger partial charge on any atom is -0.494 e. The molecular formula is C19H18N2O3. The first-order valence-corrected chi connectivity index (χ1v) is 7.72. The van der Waals surface area contributed by atoms with E-state index in [0.717, 1.165) is 40.0 Å². The zero-order chi connectivity index (χ0) is 17.1. The smallest absolute Gasteiger partial charge is 0.328 e. The van der Waals surface area contributed by atoms with Gasteiger partial charge >= 0.3 is 5.97 Å². The number of nitrogens with zero attached hydrogens (tertiary/aromatic N) is 2. The summed E-state index contributed by atoms with van der Waals surface area (Å²) < 4.78 is 7.37. The first-order valence-electron chi connectivity index (χ1n) is 7.72. The van der Waals surface area contributed by atoms with E-state index >= 15 is 0 Å². The number of imidazole rings is 1. The van der Waals surface area contributed by atoms with Gasteiger partial charge in [-0.15, -0.1) is 0 Å². The maximum Gasteiger partial charge on any atom is 0.328 e. The van der Waals surface area contributed by atoms with Gasteiger partial charge in [-0.1, -0.05) is 6.07 Å². The number of hydrogen-bond acceptors (Lipinski definition) is 3. The second-order valence-corrected chi connectivity index (χ2v) is 5.36. The molecule has 0 spiro atoms. The van der Waals surface area contributed by atoms with Crippen LogP contribution >= 0.6 is 0 Å². The molecule has 3 aromatic rings. The van der Waals surface area contributed by atoms with Crippen LogP contribution in [-0.2, 0) is 4.79 Å². The second kappa shape index (κ2) is 6.58. The van der Waals surface area contributed by atoms with Crippen LogP contribution < -0.4 is 4.74 Å². The standard InChI is InChI=1S/C19H18N2O3/c1-3-24-15-8-6-14(7-9-15)18-16(10-11-17(22)23)21-12-4-5-13(2)19(21)20-18/h4-12H,3H2,1-2H3,(H,22,23)/b11-10+. The van der Waals surface area contributed by atoms with E-state index in [-0.39, 0.29) is 0 Å². The Bertz CT molecular complexity index is 908. The van der Waals surface area contributed by atoms with Gasteiger partial charge in [-0.05, 0) is 55.8 Å². The van der Waals surface area contributed by atoms with E-state index in [2.05, 4.69) is 0 Å². The van der Waals surface area contributed by atoms with E-state index in [1.807, 2.05) is 60.8 Å². The van der Waals surface area contributed by atoms with Crippen molar-refractivity contribution in [2.24, 2.45) is 0 Å². The number of ether oxygens (including phenoxy) is 1. The van der Waals surface area contributed by atoms with Crippen LogP contribution in [-0.4, -0.2) is 27.1 Å². The summed E-state index contributed by atoms with van der Waals surface area (Å²) in [5.74, 6) is -0.195. The van der Waals surface area contributed by atoms with Crippen LogP contribution in [0.25, 0.3) is 23.0 Å². The number of carbonyl (C=O) groups is 1. The van der Waals surface area contributed by atoms with Crippen molar-refractivity contribution in [1.29, 1.82) is 0 Å². The number of fused-ring (bicyclic) bond motifs is 1. The van der Waals surface area contributed by atoms with Gasteiger partial charge in [0.2, 0.25) is 0 Å². The van der Waals surface area contributed by atoms with E-state index in [0.29, 0.717) is 6.61 Å². The van der Waals surface area contributed by atoms with Gasteiger partial charge in [0.1, 0.15) is 11.4 Å². The number of aliphatic carboxylic acids is 1. The minimum absolute atomic E-state index is 0.611. The molecule has 0 unspecified atom stereocenters. The minimum atomic E-state index is -0.991. The van der Waals surface area contributed by atoms with Crippen molar-refractivity contribution >= 4 is 17.7 Å². The predicted molar refractivity (Wildman–Crippen MR) is 93.2 cm³/mol. The summed E-state index contributed by atoms with van der Waals surface area (Å²) in [4.78, 5) is 15.6. The van der Waals surface area contributed by atoms with E-state index in [1.165, 1.54) is 0 Å². The fourth-order valence-electron chi connectivity index (χ4n) is 2.62. The molecule has 1 aromatic carbocycles. The summed E-state index contributed by atoms with van der Waals surface area (Å²) in [6, 6.07) is 11.5. The second-order valence-electron chi connectivity index (χ2n) is 5.36. The van der Waals surface area contributed by atoms with Gasteiger partial charge in [0.25, 0.3) is 0 Å². The number of aryl methyl sites for hydroxylation is 1. The van der Waals surface area contributed by atoms with Crippen molar-refractivity contribution in [2.75, 3.05) is 6.61 Å². The Labute approximate surface area is 139 Å². The number of benzene rings is 1. The largest absolute Gasteiger partial charge is 0.494 e. The van der Waals surface area contributed by atoms with E-state index < -0.39 is 5.97 Å². The third-order valence-electron chi connectivity index (χ3n) is 3.70. The molecule has 5 nitrogen and oxygen atoms in total. The van der Waals surface area contributed by atoms with Crippen LogP contribution in [0.1, 0.15) is 18.2 Å². The molecule has 24 heavy (non-hydrogen) atoms. The summed E-state index contributed by atoms with van der Waals surface area (Å²) in [7, 11) is 0. The first kappa shape index (κ1) is 15.8. The quantitative estimate of drug-likeness (QED) is 0.726. The highest BCUT2D eigenvalue weighted by Crippen LogP contribution is 2.28. The first-order chi connectivity index (χ1) is 11.6. The van der Waals surface area contributed by atoms with Crippen LogP contribution in [0, 0.1) is 6.92 Å². The fourth-order valence-corrected chi connectivity index (χ4v) is 2.62. The molecule has 0 aliphatic rings. The monoisotopic (exact) mass is 322 g/mol. The van der Waals surface area contributed by atoms with Crippen molar-refractivity contribution < 1.29 is 14.6 Å². The Hall–Kier alpha value is -3.08. The number of carboxylic acid groups (broad SMARTS) is 1. The van der Waals surface area contributed by atoms with Crippen LogP contribution in [0.5, 0.6) is 5.75 Å². The van der Waals surface area contributed by atoms with Crippen LogP contribution in [0.2, 0.25) is 0 Å². The summed E-state index contributed by atoms with van der Waals surface area (Å²) >= 11 is 0. The van der Waals surface area contributed by atoms with Gasteiger partial charge < -0.3 is 9.84 Å². The zero-order valence-electron chi connectivity index (χ0n) is 13.6. The van der Waals surface area contributed by atoms with E-state index in [4.69, 9.17) is 14.8 Å². The molecule has 0 fully saturated rings. The molecule has 0 atom stereocenters. The summed E-state index contributed by atoms with van der Waals surface area (Å²) in [5, 5.41) is 8.96. The molecule has 2 aromatic heterocycles. The molecule has 0 saturated heterocycles. The topological polar surface area (TPSA) is 63.8 Å². The third-order valence-corrected chi connectivity index (χ3v) is 3.70. The fraction of sp³-hybridized carbons (Fsp3) is 0.158. The molecule has 2 heterocycles. The molecule has 0 aliphatic carbocycles. The Kier molecular flexibility index (Phi) is 4.33. The Morgan fingerprint density at radius 1 is 1.29 bits per heavy atom. The average molecular weight is 322 g/mol. The average Bonchev–Trinajstić information content (AvgIpc) is 2.94. The van der Waals surface area contributed by atoms with Gasteiger partial charge in [-0.2, -0.15) is 0 Å². The Balaban J connectivity index is 2.16. The highest BCUT2D eigenvalue weighted by Gasteiger charge is 2.13. The molecule has 0 saturated carbocycles. The molecule has 1 N–H and O–H groups in total. The molecule has 5 heteroatoms. The van der Waals surface area contributed by atoms with Crippen molar-refractivity contribution in [2.45, 2.75) is 13.8 Å². The van der Waals surface area contributed by atoms with Crippen LogP contribution in [0.15, 0.2) is 48.7 Å². The zero-order valence-corrected chi connectivity index (χ0v) is 13.6. The summed E-state index contributed by atoms with van der Waals surface area (Å²) in [6.07, 6.45) is 4.59. The lowest BCUT2D eigenvalue weighted by Crippen LogP contribution is -1.92. The van der Waals surface area contributed by atoms with Gasteiger partial charge in [-0.25, -0.2) is 9.78 Å². The highest BCUT2D eigenvalue weighted by atomic mass is 16.5. The van der Waals surface area contributed by atoms with Gasteiger partial charge in [0.15, 0.2) is 0 Å². The lowest BCUT2D eigenvalue weighted by molar-refractivity contribution is -0.131. The van der Waals surface area contributed by atoms with Gasteiger partial charge in [0.05, 0.1) is 18.0 Å². The van der Waals surface area contributed by atoms with Crippen molar-refractivity contribution in [3.05, 3.63) is 59.9 Å². The number of carboxylic acids is 1. The lowest BCUT2D eigenvalue weighted by atomic mass is 10.1. The third kappa shape index (κ3) is 3.01. The maximum absolute atomic E-state index is 10.9. The number of aromatic nitrogens is 2. The van der Waals surface area contributed by atoms with Crippen LogP contribution in [0.3, 0.4) is 0 Å². The summed E-state index contributed by atoms with van der Waals surface area (Å²) in [5.41, 5.74) is 4.22. The van der Waals surface area contributed by atoms with Crippen molar-refractivity contribution in [1.82, 2.24) is 9.38 Å². The molecular weight excluding hydrogens is 304 g/mol. The van der Waals surface area contributed by atoms with E-state index in [1.54, 1.807) is 6.08 Å². The van der Waals surface area contributed by atoms with Crippen LogP contribution in [0.4, 0.5) is 0 Å². The number of hydrogen-bond donors (Lipinski definition) is 1. The summed E-state index contributed by atoms with van der Waals surface area (Å²) in [6.45, 7) is 4.53. The molecule has 0 bridgehead atoms. The van der Waals surface area contributed by atoms with Crippen molar-refractivity contribution in [3.8, 4) is 17.0 Å². The van der Waals surface area contributed by atoms with E-state index in [9.17, 15) is 4.79 Å². The molecule has 122 valence electrons. The highest BCUT2D eigenvalue weighted by molar-refractivity contribution is 5.87. The Morgan fingerprint density at radius 2 is 2.04 bits per heavy atom. The number of pyridine rings is 1. The predicted octanol–water partition coefficient (Wildman–Crippen LogP) is 3.81. The SMILES string of the molecule is CCOc1ccc(-c2nc3c(C)cccn3c2/C=C/C(=O)O)cc1. The van der Waals surface area contributed by atoms with Crippen molar-refractivity contribution in [3.63, 3.8) is 0 Å². The van der Waals surface area contributed by atoms with Gasteiger partial charge in [0, 0.05) is 17.8 Å². The molecule has 0 aliphatic heterocycles. The molecule has 0 amide bonds. The Morgan fingerprint density at radius 3 is 2.71 bits per heavy atom. The van der Waals surface area contributed by atoms with Gasteiger partial charge in [-0.3, -0.25) is 4.40 Å². The molecule has 0 radical (unpaired) electrons. The lowest BCUT2D eigenvalue weighted by Gasteiger charge is -2.04. The number of rotatable bonds is 5. The maximum atomic E-state index is 10.9. The molecule has 3 rings (SSSR count). The normalized spacial score (nSPS) is 11.2.